The number of aromatic nitrogens is 4. The van der Waals surface area contributed by atoms with Crippen molar-refractivity contribution in [2.75, 3.05) is 18.1 Å². The number of unbranched alkanes of at least 4 members (excludes halogenated alkanes) is 1. The summed E-state index contributed by atoms with van der Waals surface area (Å²) in [5, 5.41) is 22.1. The summed E-state index contributed by atoms with van der Waals surface area (Å²) in [5.74, 6) is 2.85. The summed E-state index contributed by atoms with van der Waals surface area (Å²) >= 11 is 1.90. The molecule has 6 nitrogen and oxygen atoms in total. The first kappa shape index (κ1) is 17.4. The van der Waals surface area contributed by atoms with Gasteiger partial charge in [0, 0.05) is 30.1 Å². The molecule has 0 bridgehead atoms. The molecule has 1 aromatic heterocycles. The SMILES string of the molecule is CCCCn1nnnc1CN1C(CO)CSCC1c1ccccc1. The van der Waals surface area contributed by atoms with Crippen LogP contribution in [0.15, 0.2) is 30.3 Å². The van der Waals surface area contributed by atoms with E-state index in [4.69, 9.17) is 0 Å². The molecule has 0 saturated carbocycles. The fraction of sp³-hybridized carbons (Fsp3) is 0.588. The lowest BCUT2D eigenvalue weighted by Crippen LogP contribution is -2.46. The van der Waals surface area contributed by atoms with Crippen LogP contribution in [-0.2, 0) is 13.1 Å². The van der Waals surface area contributed by atoms with Crippen LogP contribution >= 0.6 is 11.8 Å². The molecule has 2 atom stereocenters. The number of hydrogen-bond donors (Lipinski definition) is 1. The van der Waals surface area contributed by atoms with Crippen molar-refractivity contribution in [3.8, 4) is 0 Å². The second kappa shape index (κ2) is 8.60. The maximum Gasteiger partial charge on any atom is 0.165 e. The van der Waals surface area contributed by atoms with E-state index in [1.54, 1.807) is 0 Å². The highest BCUT2D eigenvalue weighted by atomic mass is 32.2. The molecule has 1 aromatic carbocycles. The van der Waals surface area contributed by atoms with Gasteiger partial charge in [0.25, 0.3) is 0 Å². The molecule has 0 aliphatic carbocycles. The largest absolute Gasteiger partial charge is 0.395 e. The first-order chi connectivity index (χ1) is 11.8. The summed E-state index contributed by atoms with van der Waals surface area (Å²) in [6, 6.07) is 10.9. The van der Waals surface area contributed by atoms with Gasteiger partial charge in [-0.2, -0.15) is 11.8 Å². The number of rotatable bonds is 7. The average molecular weight is 347 g/mol. The zero-order chi connectivity index (χ0) is 16.8. The summed E-state index contributed by atoms with van der Waals surface area (Å²) in [6.45, 7) is 3.84. The van der Waals surface area contributed by atoms with Crippen LogP contribution < -0.4 is 0 Å². The Hall–Kier alpha value is -1.44. The van der Waals surface area contributed by atoms with Gasteiger partial charge in [0.2, 0.25) is 0 Å². The first-order valence-electron chi connectivity index (χ1n) is 8.57. The van der Waals surface area contributed by atoms with Gasteiger partial charge >= 0.3 is 0 Å². The highest BCUT2D eigenvalue weighted by Gasteiger charge is 2.32. The summed E-state index contributed by atoms with van der Waals surface area (Å²) in [4.78, 5) is 2.36. The monoisotopic (exact) mass is 347 g/mol. The number of aliphatic hydroxyl groups is 1. The predicted octanol–water partition coefficient (Wildman–Crippen LogP) is 2.12. The Morgan fingerprint density at radius 1 is 1.25 bits per heavy atom. The minimum absolute atomic E-state index is 0.130. The molecule has 3 rings (SSSR count). The number of nitrogens with zero attached hydrogens (tertiary/aromatic N) is 5. The molecule has 0 spiro atoms. The van der Waals surface area contributed by atoms with Crippen molar-refractivity contribution in [3.05, 3.63) is 41.7 Å². The van der Waals surface area contributed by atoms with Gasteiger partial charge in [0.05, 0.1) is 13.2 Å². The van der Waals surface area contributed by atoms with E-state index in [9.17, 15) is 5.11 Å². The maximum atomic E-state index is 9.85. The van der Waals surface area contributed by atoms with E-state index < -0.39 is 0 Å². The number of benzene rings is 1. The van der Waals surface area contributed by atoms with Crippen molar-refractivity contribution in [1.29, 1.82) is 0 Å². The minimum Gasteiger partial charge on any atom is -0.395 e. The third-order valence-corrected chi connectivity index (χ3v) is 5.68. The van der Waals surface area contributed by atoms with Crippen LogP contribution in [0.5, 0.6) is 0 Å². The van der Waals surface area contributed by atoms with E-state index in [0.29, 0.717) is 6.54 Å². The quantitative estimate of drug-likeness (QED) is 0.827. The van der Waals surface area contributed by atoms with Crippen LogP contribution in [0.2, 0.25) is 0 Å². The number of tetrazole rings is 1. The molecule has 2 aromatic rings. The number of aryl methyl sites for hydroxylation is 1. The highest BCUT2D eigenvalue weighted by Crippen LogP contribution is 2.33. The lowest BCUT2D eigenvalue weighted by Gasteiger charge is -2.41. The zero-order valence-corrected chi connectivity index (χ0v) is 14.9. The van der Waals surface area contributed by atoms with Crippen molar-refractivity contribution < 1.29 is 5.11 Å². The molecule has 1 aliphatic heterocycles. The molecule has 24 heavy (non-hydrogen) atoms. The van der Waals surface area contributed by atoms with E-state index in [-0.39, 0.29) is 18.7 Å². The fourth-order valence-corrected chi connectivity index (χ4v) is 4.42. The maximum absolute atomic E-state index is 9.85. The first-order valence-corrected chi connectivity index (χ1v) is 9.73. The van der Waals surface area contributed by atoms with Gasteiger partial charge in [-0.1, -0.05) is 43.7 Å². The topological polar surface area (TPSA) is 67.1 Å². The molecular weight excluding hydrogens is 322 g/mol. The fourth-order valence-electron chi connectivity index (χ4n) is 3.10. The predicted molar refractivity (Wildman–Crippen MR) is 95.6 cm³/mol. The highest BCUT2D eigenvalue weighted by molar-refractivity contribution is 7.99. The summed E-state index contributed by atoms with van der Waals surface area (Å²) < 4.78 is 1.90. The van der Waals surface area contributed by atoms with Crippen LogP contribution in [0, 0.1) is 0 Å². The van der Waals surface area contributed by atoms with Gasteiger partial charge in [-0.05, 0) is 22.4 Å². The van der Waals surface area contributed by atoms with Crippen molar-refractivity contribution in [1.82, 2.24) is 25.1 Å². The molecular formula is C17H25N5OS. The second-order valence-corrected chi connectivity index (χ2v) is 7.22. The molecule has 2 heterocycles. The van der Waals surface area contributed by atoms with Crippen LogP contribution in [0.25, 0.3) is 0 Å². The Morgan fingerprint density at radius 3 is 2.83 bits per heavy atom. The molecule has 2 unspecified atom stereocenters. The van der Waals surface area contributed by atoms with Crippen LogP contribution in [0.3, 0.4) is 0 Å². The van der Waals surface area contributed by atoms with Gasteiger partial charge in [0.15, 0.2) is 5.82 Å². The summed E-state index contributed by atoms with van der Waals surface area (Å²) in [6.07, 6.45) is 2.19. The lowest BCUT2D eigenvalue weighted by atomic mass is 10.0. The molecule has 1 aliphatic rings. The lowest BCUT2D eigenvalue weighted by molar-refractivity contribution is 0.0874. The molecule has 0 radical (unpaired) electrons. The Labute approximate surface area is 147 Å². The van der Waals surface area contributed by atoms with Gasteiger partial charge in [-0.3, -0.25) is 4.90 Å². The Kier molecular flexibility index (Phi) is 6.23. The second-order valence-electron chi connectivity index (χ2n) is 6.14. The number of thioether (sulfide) groups is 1. The van der Waals surface area contributed by atoms with Gasteiger partial charge < -0.3 is 5.11 Å². The van der Waals surface area contributed by atoms with Gasteiger partial charge in [0.1, 0.15) is 0 Å². The van der Waals surface area contributed by atoms with Gasteiger partial charge in [-0.25, -0.2) is 4.68 Å². The Bertz CT molecular complexity index is 620. The third kappa shape index (κ3) is 3.96. The summed E-state index contributed by atoms with van der Waals surface area (Å²) in [7, 11) is 0. The Balaban J connectivity index is 1.82. The zero-order valence-electron chi connectivity index (χ0n) is 14.1. The summed E-state index contributed by atoms with van der Waals surface area (Å²) in [5.41, 5.74) is 1.29. The molecule has 0 amide bonds. The third-order valence-electron chi connectivity index (χ3n) is 4.50. The molecule has 1 fully saturated rings. The van der Waals surface area contributed by atoms with E-state index in [1.165, 1.54) is 5.56 Å². The molecule has 1 N–H and O–H groups in total. The van der Waals surface area contributed by atoms with Gasteiger partial charge in [-0.15, -0.1) is 5.10 Å². The Morgan fingerprint density at radius 2 is 2.08 bits per heavy atom. The van der Waals surface area contributed by atoms with E-state index >= 15 is 0 Å². The standard InChI is InChI=1S/C17H25N5OS/c1-2-3-9-22-17(18-19-20-22)10-21-15(11-23)12-24-13-16(21)14-7-5-4-6-8-14/h4-8,15-16,23H,2-3,9-13H2,1H3. The molecule has 7 heteroatoms. The van der Waals surface area contributed by atoms with E-state index in [2.05, 4.69) is 51.6 Å². The van der Waals surface area contributed by atoms with E-state index in [1.807, 2.05) is 22.5 Å². The normalized spacial score (nSPS) is 21.9. The van der Waals surface area contributed by atoms with Crippen molar-refractivity contribution in [2.45, 2.75) is 44.9 Å². The van der Waals surface area contributed by atoms with Crippen LogP contribution in [0.1, 0.15) is 37.2 Å². The van der Waals surface area contributed by atoms with E-state index in [0.717, 1.165) is 36.7 Å². The van der Waals surface area contributed by atoms with Crippen LogP contribution in [0.4, 0.5) is 0 Å². The van der Waals surface area contributed by atoms with Crippen molar-refractivity contribution in [3.63, 3.8) is 0 Å². The average Bonchev–Trinajstić information content (AvgIpc) is 3.08. The number of aliphatic hydroxyl groups excluding tert-OH is 1. The van der Waals surface area contributed by atoms with Crippen molar-refractivity contribution in [2.24, 2.45) is 0 Å². The minimum atomic E-state index is 0.130. The van der Waals surface area contributed by atoms with Crippen molar-refractivity contribution >= 4 is 11.8 Å². The van der Waals surface area contributed by atoms with Crippen LogP contribution in [-0.4, -0.2) is 54.4 Å². The smallest absolute Gasteiger partial charge is 0.165 e. The molecule has 1 saturated heterocycles. The number of hydrogen-bond acceptors (Lipinski definition) is 6. The molecule has 130 valence electrons.